The molecule has 1 aliphatic rings. The lowest BCUT2D eigenvalue weighted by Crippen LogP contribution is -2.40. The first-order chi connectivity index (χ1) is 8.29. The Balaban J connectivity index is 1.77. The maximum Gasteiger partial charge on any atom is 0.407 e. The van der Waals surface area contributed by atoms with Gasteiger partial charge >= 0.3 is 6.09 Å². The molecule has 17 heavy (non-hydrogen) atoms. The molecule has 0 spiro atoms. The predicted octanol–water partition coefficient (Wildman–Crippen LogP) is 0.639. The maximum atomic E-state index is 11.0. The number of hydrogen-bond donors (Lipinski definition) is 2. The number of hydrogen-bond acceptors (Lipinski definition) is 4. The number of alkyl carbamates (subject to hydrolysis) is 1. The van der Waals surface area contributed by atoms with Crippen LogP contribution in [0.3, 0.4) is 0 Å². The van der Waals surface area contributed by atoms with E-state index in [1.807, 2.05) is 30.3 Å². The summed E-state index contributed by atoms with van der Waals surface area (Å²) in [6, 6.07) is 9.69. The molecule has 1 saturated heterocycles. The molecule has 0 aliphatic carbocycles. The summed E-state index contributed by atoms with van der Waals surface area (Å²) in [5, 5.41) is 2.64. The first-order valence-corrected chi connectivity index (χ1v) is 5.58. The normalized spacial score (nSPS) is 23.2. The number of ether oxygens (including phenoxy) is 2. The molecule has 2 unspecified atom stereocenters. The van der Waals surface area contributed by atoms with Gasteiger partial charge in [0.05, 0.1) is 19.3 Å². The fourth-order valence-corrected chi connectivity index (χ4v) is 1.73. The number of nitrogens with one attached hydrogen (secondary N) is 1. The van der Waals surface area contributed by atoms with Crippen molar-refractivity contribution in [3.63, 3.8) is 0 Å². The molecule has 0 aromatic heterocycles. The van der Waals surface area contributed by atoms with E-state index < -0.39 is 6.09 Å². The third kappa shape index (κ3) is 3.18. The van der Waals surface area contributed by atoms with Crippen LogP contribution in [0, 0.1) is 0 Å². The van der Waals surface area contributed by atoms with Crippen LogP contribution < -0.4 is 11.1 Å². The van der Waals surface area contributed by atoms with Gasteiger partial charge in [0.2, 0.25) is 0 Å². The van der Waals surface area contributed by atoms with Crippen molar-refractivity contribution in [1.29, 1.82) is 0 Å². The third-order valence-electron chi connectivity index (χ3n) is 2.66. The summed E-state index contributed by atoms with van der Waals surface area (Å²) in [6.45, 7) is 1.22. The van der Waals surface area contributed by atoms with E-state index in [1.165, 1.54) is 0 Å². The summed E-state index contributed by atoms with van der Waals surface area (Å²) in [5.74, 6) is 0. The third-order valence-corrected chi connectivity index (χ3v) is 2.66. The van der Waals surface area contributed by atoms with Gasteiger partial charge in [-0.25, -0.2) is 4.79 Å². The molecule has 1 fully saturated rings. The van der Waals surface area contributed by atoms with E-state index in [2.05, 4.69) is 5.32 Å². The van der Waals surface area contributed by atoms with E-state index in [4.69, 9.17) is 15.2 Å². The Hall–Kier alpha value is -1.59. The highest BCUT2D eigenvalue weighted by molar-refractivity contribution is 5.70. The molecule has 1 amide bonds. The quantitative estimate of drug-likeness (QED) is 0.786. The molecule has 0 radical (unpaired) electrons. The van der Waals surface area contributed by atoms with E-state index in [-0.39, 0.29) is 12.1 Å². The zero-order valence-corrected chi connectivity index (χ0v) is 9.46. The highest BCUT2D eigenvalue weighted by Crippen LogP contribution is 2.09. The summed E-state index contributed by atoms with van der Waals surface area (Å²) in [6.07, 6.45) is -0.718. The number of carbonyl (C=O) groups excluding carboxylic acids is 1. The highest BCUT2D eigenvalue weighted by atomic mass is 16.6. The summed E-state index contributed by atoms with van der Waals surface area (Å²) in [4.78, 5) is 11.0. The molecule has 5 heteroatoms. The summed E-state index contributed by atoms with van der Waals surface area (Å²) >= 11 is 0. The predicted molar refractivity (Wildman–Crippen MR) is 62.3 cm³/mol. The Morgan fingerprint density at radius 2 is 2.12 bits per heavy atom. The average Bonchev–Trinajstić information content (AvgIpc) is 2.71. The van der Waals surface area contributed by atoms with Gasteiger partial charge in [0, 0.05) is 6.54 Å². The summed E-state index contributed by atoms with van der Waals surface area (Å²) < 4.78 is 10.6. The fraction of sp³-hybridized carbons (Fsp3) is 0.417. The van der Waals surface area contributed by atoms with Crippen LogP contribution in [0.4, 0.5) is 4.79 Å². The van der Waals surface area contributed by atoms with Crippen molar-refractivity contribution in [3.05, 3.63) is 35.9 Å². The van der Waals surface area contributed by atoms with Gasteiger partial charge in [0.25, 0.3) is 0 Å². The standard InChI is InChI=1S/C12H16N2O3/c13-6-10-11(17-12(15)14-10)8-16-7-9-4-2-1-3-5-9/h1-5,10-11H,6-8,13H2,(H,14,15). The zero-order chi connectivity index (χ0) is 12.1. The minimum atomic E-state index is -0.422. The Bertz CT molecular complexity index is 369. The van der Waals surface area contributed by atoms with Gasteiger partial charge in [-0.3, -0.25) is 0 Å². The number of benzene rings is 1. The number of cyclic esters (lactones) is 1. The van der Waals surface area contributed by atoms with Crippen molar-refractivity contribution in [2.24, 2.45) is 5.73 Å². The molecule has 1 aliphatic heterocycles. The van der Waals surface area contributed by atoms with Crippen LogP contribution in [-0.2, 0) is 16.1 Å². The first kappa shape index (κ1) is 11.9. The van der Waals surface area contributed by atoms with Gasteiger partial charge < -0.3 is 20.5 Å². The lowest BCUT2D eigenvalue weighted by molar-refractivity contribution is 0.0282. The Labute approximate surface area is 99.9 Å². The van der Waals surface area contributed by atoms with Crippen LogP contribution in [0.15, 0.2) is 30.3 Å². The smallest absolute Gasteiger partial charge is 0.407 e. The van der Waals surface area contributed by atoms with Crippen molar-refractivity contribution in [2.45, 2.75) is 18.8 Å². The molecule has 2 atom stereocenters. The Morgan fingerprint density at radius 3 is 2.82 bits per heavy atom. The number of nitrogens with two attached hydrogens (primary N) is 1. The Kier molecular flexibility index (Phi) is 3.95. The molecule has 92 valence electrons. The van der Waals surface area contributed by atoms with Crippen molar-refractivity contribution in [3.8, 4) is 0 Å². The van der Waals surface area contributed by atoms with Crippen LogP contribution >= 0.6 is 0 Å². The molecule has 1 aromatic carbocycles. The average molecular weight is 236 g/mol. The van der Waals surface area contributed by atoms with Crippen LogP contribution in [-0.4, -0.2) is 31.4 Å². The molecule has 0 saturated carbocycles. The van der Waals surface area contributed by atoms with E-state index in [0.717, 1.165) is 5.56 Å². The van der Waals surface area contributed by atoms with Crippen molar-refractivity contribution in [2.75, 3.05) is 13.2 Å². The van der Waals surface area contributed by atoms with Crippen LogP contribution in [0.2, 0.25) is 0 Å². The monoisotopic (exact) mass is 236 g/mol. The molecule has 0 bridgehead atoms. The van der Waals surface area contributed by atoms with E-state index in [1.54, 1.807) is 0 Å². The van der Waals surface area contributed by atoms with Gasteiger partial charge in [-0.05, 0) is 5.56 Å². The maximum absolute atomic E-state index is 11.0. The summed E-state index contributed by atoms with van der Waals surface area (Å²) in [7, 11) is 0. The van der Waals surface area contributed by atoms with E-state index in [9.17, 15) is 4.79 Å². The topological polar surface area (TPSA) is 73.6 Å². The lowest BCUT2D eigenvalue weighted by Gasteiger charge is -2.15. The van der Waals surface area contributed by atoms with Crippen LogP contribution in [0.1, 0.15) is 5.56 Å². The van der Waals surface area contributed by atoms with E-state index in [0.29, 0.717) is 19.8 Å². The SMILES string of the molecule is NCC1NC(=O)OC1COCc1ccccc1. The van der Waals surface area contributed by atoms with Crippen molar-refractivity contribution >= 4 is 6.09 Å². The number of carbonyl (C=O) groups is 1. The van der Waals surface area contributed by atoms with Gasteiger partial charge in [-0.1, -0.05) is 30.3 Å². The van der Waals surface area contributed by atoms with E-state index >= 15 is 0 Å². The second-order valence-corrected chi connectivity index (χ2v) is 3.93. The lowest BCUT2D eigenvalue weighted by atomic mass is 10.2. The molecular formula is C12H16N2O3. The molecule has 2 rings (SSSR count). The second kappa shape index (κ2) is 5.65. The molecule has 1 heterocycles. The number of amides is 1. The molecule has 1 aromatic rings. The van der Waals surface area contributed by atoms with Crippen molar-refractivity contribution in [1.82, 2.24) is 5.32 Å². The van der Waals surface area contributed by atoms with Crippen LogP contribution in [0.25, 0.3) is 0 Å². The van der Waals surface area contributed by atoms with Crippen molar-refractivity contribution < 1.29 is 14.3 Å². The highest BCUT2D eigenvalue weighted by Gasteiger charge is 2.32. The summed E-state index contributed by atoms with van der Waals surface area (Å²) in [5.41, 5.74) is 6.61. The Morgan fingerprint density at radius 1 is 1.35 bits per heavy atom. The van der Waals surface area contributed by atoms with Gasteiger partial charge in [-0.15, -0.1) is 0 Å². The van der Waals surface area contributed by atoms with Gasteiger partial charge in [-0.2, -0.15) is 0 Å². The largest absolute Gasteiger partial charge is 0.442 e. The second-order valence-electron chi connectivity index (χ2n) is 3.93. The molecule has 3 N–H and O–H groups in total. The van der Waals surface area contributed by atoms with Crippen LogP contribution in [0.5, 0.6) is 0 Å². The number of rotatable bonds is 5. The van der Waals surface area contributed by atoms with Gasteiger partial charge in [0.15, 0.2) is 0 Å². The minimum Gasteiger partial charge on any atom is -0.442 e. The minimum absolute atomic E-state index is 0.154. The first-order valence-electron chi connectivity index (χ1n) is 5.58. The molecule has 5 nitrogen and oxygen atoms in total. The fourth-order valence-electron chi connectivity index (χ4n) is 1.73. The zero-order valence-electron chi connectivity index (χ0n) is 9.46. The van der Waals surface area contributed by atoms with Gasteiger partial charge in [0.1, 0.15) is 6.10 Å². The molecular weight excluding hydrogens is 220 g/mol.